The maximum absolute atomic E-state index is 12.1. The van der Waals surface area contributed by atoms with Crippen LogP contribution in [-0.4, -0.2) is 16.9 Å². The molecule has 0 spiro atoms. The van der Waals surface area contributed by atoms with Gasteiger partial charge in [0.2, 0.25) is 0 Å². The second-order valence-corrected chi connectivity index (χ2v) is 6.29. The van der Waals surface area contributed by atoms with E-state index in [1.54, 1.807) is 12.1 Å². The Morgan fingerprint density at radius 3 is 2.76 bits per heavy atom. The molecular weight excluding hydrogens is 348 g/mol. The number of furan rings is 1. The average Bonchev–Trinajstić information content (AvgIpc) is 3.25. The topological polar surface area (TPSA) is 94.6 Å². The first kappa shape index (κ1) is 17.3. The number of halogens is 1. The molecule has 1 aromatic carbocycles. The molecule has 7 nitrogen and oxygen atoms in total. The quantitative estimate of drug-likeness (QED) is 0.615. The van der Waals surface area contributed by atoms with Crippen LogP contribution < -0.4 is 10.1 Å². The number of benzene rings is 1. The van der Waals surface area contributed by atoms with Gasteiger partial charge in [0.25, 0.3) is 11.6 Å². The van der Waals surface area contributed by atoms with Gasteiger partial charge in [0, 0.05) is 18.2 Å². The van der Waals surface area contributed by atoms with Crippen LogP contribution in [0.2, 0.25) is 5.02 Å². The molecule has 8 heteroatoms. The molecule has 0 unspecified atom stereocenters. The van der Waals surface area contributed by atoms with Crippen molar-refractivity contribution >= 4 is 23.2 Å². The minimum absolute atomic E-state index is 0.0637. The van der Waals surface area contributed by atoms with Crippen molar-refractivity contribution in [2.75, 3.05) is 0 Å². The van der Waals surface area contributed by atoms with E-state index >= 15 is 0 Å². The molecule has 1 aromatic heterocycles. The predicted octanol–water partition coefficient (Wildman–Crippen LogP) is 4.09. The predicted molar refractivity (Wildman–Crippen MR) is 90.9 cm³/mol. The minimum Gasteiger partial charge on any atom is -0.484 e. The molecule has 1 aliphatic rings. The summed E-state index contributed by atoms with van der Waals surface area (Å²) < 4.78 is 11.0. The number of non-ortho nitro benzene ring substituents is 1. The number of ether oxygens (including phenoxy) is 1. The van der Waals surface area contributed by atoms with Crippen molar-refractivity contribution in [2.45, 2.75) is 38.3 Å². The van der Waals surface area contributed by atoms with Gasteiger partial charge in [-0.1, -0.05) is 24.4 Å². The Morgan fingerprint density at radius 2 is 2.08 bits per heavy atom. The highest BCUT2D eigenvalue weighted by Crippen LogP contribution is 2.29. The normalized spacial score (nSPS) is 14.4. The molecule has 0 saturated heterocycles. The fraction of sp³-hybridized carbons (Fsp3) is 0.353. The molecule has 1 heterocycles. The van der Waals surface area contributed by atoms with Gasteiger partial charge in [0.15, 0.2) is 5.76 Å². The number of hydrogen-bond donors (Lipinski definition) is 1. The van der Waals surface area contributed by atoms with Gasteiger partial charge in [0.05, 0.1) is 9.95 Å². The van der Waals surface area contributed by atoms with E-state index in [9.17, 15) is 14.9 Å². The summed E-state index contributed by atoms with van der Waals surface area (Å²) in [5.41, 5.74) is -0.110. The summed E-state index contributed by atoms with van der Waals surface area (Å²) >= 11 is 5.97. The first-order chi connectivity index (χ1) is 12.0. The van der Waals surface area contributed by atoms with Crippen molar-refractivity contribution < 1.29 is 18.9 Å². The summed E-state index contributed by atoms with van der Waals surface area (Å²) in [6, 6.07) is 7.43. The number of amides is 1. The van der Waals surface area contributed by atoms with E-state index in [0.29, 0.717) is 11.5 Å². The summed E-state index contributed by atoms with van der Waals surface area (Å²) in [5, 5.41) is 13.8. The van der Waals surface area contributed by atoms with E-state index in [2.05, 4.69) is 5.32 Å². The SMILES string of the molecule is O=C(NC1CCCC1)c1ccc(COc2ccc([N+](=O)[O-])cc2Cl)o1. The molecule has 1 N–H and O–H groups in total. The number of carbonyl (C=O) groups is 1. The Hall–Kier alpha value is -2.54. The summed E-state index contributed by atoms with van der Waals surface area (Å²) in [7, 11) is 0. The molecule has 132 valence electrons. The molecule has 0 atom stereocenters. The number of nitro groups is 1. The third-order valence-electron chi connectivity index (χ3n) is 4.07. The van der Waals surface area contributed by atoms with E-state index in [0.717, 1.165) is 25.7 Å². The van der Waals surface area contributed by atoms with Crippen molar-refractivity contribution in [3.63, 3.8) is 0 Å². The molecule has 1 fully saturated rings. The van der Waals surface area contributed by atoms with E-state index in [-0.39, 0.29) is 35.0 Å². The Labute approximate surface area is 149 Å². The smallest absolute Gasteiger partial charge is 0.287 e. The third kappa shape index (κ3) is 4.30. The van der Waals surface area contributed by atoms with Gasteiger partial charge in [-0.15, -0.1) is 0 Å². The molecule has 2 aromatic rings. The summed E-state index contributed by atoms with van der Waals surface area (Å²) in [6.07, 6.45) is 4.28. The van der Waals surface area contributed by atoms with Gasteiger partial charge in [-0.05, 0) is 31.0 Å². The molecule has 0 radical (unpaired) electrons. The van der Waals surface area contributed by atoms with Gasteiger partial charge >= 0.3 is 0 Å². The number of carbonyl (C=O) groups excluding carboxylic acids is 1. The van der Waals surface area contributed by atoms with Gasteiger partial charge in [-0.25, -0.2) is 0 Å². The standard InChI is InChI=1S/C17H17ClN2O5/c18-14-9-12(20(22)23)5-7-15(14)24-10-13-6-8-16(25-13)17(21)19-11-3-1-2-4-11/h5-9,11H,1-4,10H2,(H,19,21). The van der Waals surface area contributed by atoms with Gasteiger partial charge < -0.3 is 14.5 Å². The van der Waals surface area contributed by atoms with Crippen LogP contribution in [0.3, 0.4) is 0 Å². The molecule has 25 heavy (non-hydrogen) atoms. The fourth-order valence-corrected chi connectivity index (χ4v) is 3.00. The van der Waals surface area contributed by atoms with Crippen LogP contribution >= 0.6 is 11.6 Å². The maximum Gasteiger partial charge on any atom is 0.287 e. The fourth-order valence-electron chi connectivity index (χ4n) is 2.77. The Balaban J connectivity index is 1.58. The zero-order valence-electron chi connectivity index (χ0n) is 13.4. The van der Waals surface area contributed by atoms with Gasteiger partial charge in [0.1, 0.15) is 18.1 Å². The van der Waals surface area contributed by atoms with E-state index in [1.807, 2.05) is 0 Å². The number of hydrogen-bond acceptors (Lipinski definition) is 5. The lowest BCUT2D eigenvalue weighted by molar-refractivity contribution is -0.384. The van der Waals surface area contributed by atoms with Crippen LogP contribution in [0.4, 0.5) is 5.69 Å². The molecule has 3 rings (SSSR count). The highest BCUT2D eigenvalue weighted by Gasteiger charge is 2.20. The molecule has 1 aliphatic carbocycles. The Kier molecular flexibility index (Phi) is 5.23. The molecule has 1 saturated carbocycles. The van der Waals surface area contributed by atoms with Crippen molar-refractivity contribution in [2.24, 2.45) is 0 Å². The van der Waals surface area contributed by atoms with E-state index in [1.165, 1.54) is 18.2 Å². The highest BCUT2D eigenvalue weighted by atomic mass is 35.5. The summed E-state index contributed by atoms with van der Waals surface area (Å²) in [4.78, 5) is 22.3. The number of nitro benzene ring substituents is 1. The third-order valence-corrected chi connectivity index (χ3v) is 4.37. The van der Waals surface area contributed by atoms with Crippen LogP contribution in [0.15, 0.2) is 34.7 Å². The lowest BCUT2D eigenvalue weighted by Gasteiger charge is -2.10. The first-order valence-electron chi connectivity index (χ1n) is 7.99. The lowest BCUT2D eigenvalue weighted by Crippen LogP contribution is -2.32. The van der Waals surface area contributed by atoms with Crippen molar-refractivity contribution in [3.05, 3.63) is 57.0 Å². The molecule has 0 bridgehead atoms. The van der Waals surface area contributed by atoms with E-state index < -0.39 is 4.92 Å². The van der Waals surface area contributed by atoms with E-state index in [4.69, 9.17) is 20.8 Å². The zero-order chi connectivity index (χ0) is 17.8. The van der Waals surface area contributed by atoms with Crippen molar-refractivity contribution in [3.8, 4) is 5.75 Å². The van der Waals surface area contributed by atoms with Crippen LogP contribution in [0.25, 0.3) is 0 Å². The monoisotopic (exact) mass is 364 g/mol. The number of rotatable bonds is 6. The zero-order valence-corrected chi connectivity index (χ0v) is 14.1. The van der Waals surface area contributed by atoms with Gasteiger partial charge in [-0.2, -0.15) is 0 Å². The molecule has 1 amide bonds. The number of nitrogens with one attached hydrogen (secondary N) is 1. The van der Waals surface area contributed by atoms with Crippen LogP contribution in [0.5, 0.6) is 5.75 Å². The van der Waals surface area contributed by atoms with Crippen LogP contribution in [-0.2, 0) is 6.61 Å². The lowest BCUT2D eigenvalue weighted by atomic mass is 10.2. The largest absolute Gasteiger partial charge is 0.484 e. The summed E-state index contributed by atoms with van der Waals surface area (Å²) in [6.45, 7) is 0.0637. The maximum atomic E-state index is 12.1. The Bertz CT molecular complexity index is 783. The van der Waals surface area contributed by atoms with Crippen molar-refractivity contribution in [1.29, 1.82) is 0 Å². The van der Waals surface area contributed by atoms with Gasteiger partial charge in [-0.3, -0.25) is 14.9 Å². The highest BCUT2D eigenvalue weighted by molar-refractivity contribution is 6.32. The summed E-state index contributed by atoms with van der Waals surface area (Å²) in [5.74, 6) is 0.776. The molecular formula is C17H17ClN2O5. The van der Waals surface area contributed by atoms with Crippen molar-refractivity contribution in [1.82, 2.24) is 5.32 Å². The van der Waals surface area contributed by atoms with Crippen LogP contribution in [0.1, 0.15) is 42.0 Å². The minimum atomic E-state index is -0.530. The Morgan fingerprint density at radius 1 is 1.32 bits per heavy atom. The average molecular weight is 365 g/mol. The molecule has 0 aliphatic heterocycles. The number of nitrogens with zero attached hydrogens (tertiary/aromatic N) is 1. The second kappa shape index (κ2) is 7.57. The second-order valence-electron chi connectivity index (χ2n) is 5.88. The first-order valence-corrected chi connectivity index (χ1v) is 8.37. The van der Waals surface area contributed by atoms with Crippen LogP contribution in [0, 0.1) is 10.1 Å².